The van der Waals surface area contributed by atoms with Gasteiger partial charge in [-0.2, -0.15) is 0 Å². The second kappa shape index (κ2) is 7.65. The summed E-state index contributed by atoms with van der Waals surface area (Å²) in [6.45, 7) is 13.6. The molecule has 1 aromatic rings. The zero-order valence-corrected chi connectivity index (χ0v) is 13.7. The Labute approximate surface area is 124 Å². The van der Waals surface area contributed by atoms with E-state index in [-0.39, 0.29) is 12.1 Å². The van der Waals surface area contributed by atoms with Gasteiger partial charge in [0.2, 0.25) is 0 Å². The van der Waals surface area contributed by atoms with Crippen LogP contribution in [0.25, 0.3) is 0 Å². The first kappa shape index (κ1) is 17.0. The first-order valence-electron chi connectivity index (χ1n) is 7.57. The fraction of sp³-hybridized carbons (Fsp3) is 0.647. The van der Waals surface area contributed by atoms with Crippen LogP contribution in [-0.2, 0) is 6.54 Å². The molecule has 0 saturated carbocycles. The predicted octanol–water partition coefficient (Wildman–Crippen LogP) is 3.09. The van der Waals surface area contributed by atoms with Crippen LogP contribution in [0.2, 0.25) is 0 Å². The van der Waals surface area contributed by atoms with Crippen molar-refractivity contribution < 1.29 is 5.11 Å². The number of nitrogens with one attached hydrogen (secondary N) is 1. The monoisotopic (exact) mass is 278 g/mol. The van der Waals surface area contributed by atoms with Crippen molar-refractivity contribution in [3.05, 3.63) is 29.3 Å². The molecule has 1 aromatic carbocycles. The van der Waals surface area contributed by atoms with Crippen molar-refractivity contribution in [1.29, 1.82) is 0 Å². The molecule has 0 fully saturated rings. The first-order chi connectivity index (χ1) is 9.37. The molecule has 0 spiro atoms. The van der Waals surface area contributed by atoms with Crippen molar-refractivity contribution in [2.75, 3.05) is 24.6 Å². The number of nitrogens with zero attached hydrogens (tertiary/aromatic N) is 1. The second-order valence-electron chi connectivity index (χ2n) is 6.42. The largest absolute Gasteiger partial charge is 0.395 e. The third-order valence-corrected chi connectivity index (χ3v) is 3.36. The Morgan fingerprint density at radius 3 is 2.40 bits per heavy atom. The number of aliphatic hydroxyl groups is 1. The maximum absolute atomic E-state index is 9.17. The highest BCUT2D eigenvalue weighted by Crippen LogP contribution is 2.20. The smallest absolute Gasteiger partial charge is 0.0606 e. The fourth-order valence-electron chi connectivity index (χ4n) is 2.20. The van der Waals surface area contributed by atoms with E-state index in [1.165, 1.54) is 16.8 Å². The third kappa shape index (κ3) is 5.51. The van der Waals surface area contributed by atoms with E-state index >= 15 is 0 Å². The lowest BCUT2D eigenvalue weighted by Crippen LogP contribution is -2.35. The Balaban J connectivity index is 2.80. The lowest BCUT2D eigenvalue weighted by molar-refractivity contribution is 0.302. The van der Waals surface area contributed by atoms with Crippen molar-refractivity contribution in [1.82, 2.24) is 5.32 Å². The standard InChI is InChI=1S/C17H30N2O/c1-6-9-19(10-11-20)16-8-7-15(14(2)12-16)13-18-17(3,4)5/h7-8,12,18,20H,6,9-11,13H2,1-5H3. The molecule has 0 aliphatic rings. The van der Waals surface area contributed by atoms with E-state index in [4.69, 9.17) is 0 Å². The van der Waals surface area contributed by atoms with Gasteiger partial charge in [-0.3, -0.25) is 0 Å². The predicted molar refractivity (Wildman–Crippen MR) is 87.4 cm³/mol. The molecule has 0 unspecified atom stereocenters. The van der Waals surface area contributed by atoms with E-state index in [2.05, 4.69) is 63.0 Å². The summed E-state index contributed by atoms with van der Waals surface area (Å²) in [5.74, 6) is 0. The van der Waals surface area contributed by atoms with Gasteiger partial charge in [-0.15, -0.1) is 0 Å². The van der Waals surface area contributed by atoms with Crippen LogP contribution in [0, 0.1) is 6.92 Å². The van der Waals surface area contributed by atoms with Gasteiger partial charge in [0.15, 0.2) is 0 Å². The summed E-state index contributed by atoms with van der Waals surface area (Å²) in [7, 11) is 0. The summed E-state index contributed by atoms with van der Waals surface area (Å²) < 4.78 is 0. The molecule has 0 atom stereocenters. The Hall–Kier alpha value is -1.06. The molecule has 0 amide bonds. The molecule has 0 aliphatic carbocycles. The van der Waals surface area contributed by atoms with E-state index in [1.807, 2.05) is 0 Å². The molecule has 2 N–H and O–H groups in total. The highest BCUT2D eigenvalue weighted by Gasteiger charge is 2.11. The summed E-state index contributed by atoms with van der Waals surface area (Å²) in [6, 6.07) is 6.59. The second-order valence-corrected chi connectivity index (χ2v) is 6.42. The molecule has 0 radical (unpaired) electrons. The third-order valence-electron chi connectivity index (χ3n) is 3.36. The van der Waals surface area contributed by atoms with Gasteiger partial charge in [-0.05, 0) is 57.4 Å². The minimum Gasteiger partial charge on any atom is -0.395 e. The van der Waals surface area contributed by atoms with Crippen LogP contribution in [-0.4, -0.2) is 30.3 Å². The number of rotatable bonds is 7. The molecular formula is C17H30N2O. The van der Waals surface area contributed by atoms with Crippen LogP contribution in [0.4, 0.5) is 5.69 Å². The van der Waals surface area contributed by atoms with E-state index in [9.17, 15) is 5.11 Å². The molecule has 114 valence electrons. The summed E-state index contributed by atoms with van der Waals surface area (Å²) >= 11 is 0. The van der Waals surface area contributed by atoms with Gasteiger partial charge in [0.25, 0.3) is 0 Å². The lowest BCUT2D eigenvalue weighted by Gasteiger charge is -2.25. The molecule has 0 aliphatic heterocycles. The first-order valence-corrected chi connectivity index (χ1v) is 7.57. The molecule has 0 heterocycles. The van der Waals surface area contributed by atoms with Gasteiger partial charge < -0.3 is 15.3 Å². The normalized spacial score (nSPS) is 11.7. The molecule has 3 nitrogen and oxygen atoms in total. The van der Waals surface area contributed by atoms with Crippen LogP contribution >= 0.6 is 0 Å². The van der Waals surface area contributed by atoms with Crippen molar-refractivity contribution in [3.63, 3.8) is 0 Å². The molecule has 20 heavy (non-hydrogen) atoms. The topological polar surface area (TPSA) is 35.5 Å². The Bertz CT molecular complexity index is 404. The van der Waals surface area contributed by atoms with Gasteiger partial charge in [0, 0.05) is 30.9 Å². The van der Waals surface area contributed by atoms with Crippen LogP contribution in [0.3, 0.4) is 0 Å². The van der Waals surface area contributed by atoms with Crippen molar-refractivity contribution in [3.8, 4) is 0 Å². The zero-order valence-electron chi connectivity index (χ0n) is 13.7. The zero-order chi connectivity index (χ0) is 15.2. The Kier molecular flexibility index (Phi) is 6.50. The van der Waals surface area contributed by atoms with Crippen molar-refractivity contribution in [2.45, 2.75) is 53.1 Å². The van der Waals surface area contributed by atoms with Crippen molar-refractivity contribution >= 4 is 5.69 Å². The number of anilines is 1. The van der Waals surface area contributed by atoms with E-state index < -0.39 is 0 Å². The minimum absolute atomic E-state index is 0.135. The summed E-state index contributed by atoms with van der Waals surface area (Å²) in [5, 5.41) is 12.7. The summed E-state index contributed by atoms with van der Waals surface area (Å²) in [5.41, 5.74) is 3.98. The number of hydrogen-bond acceptors (Lipinski definition) is 3. The van der Waals surface area contributed by atoms with Gasteiger partial charge >= 0.3 is 0 Å². The quantitative estimate of drug-likeness (QED) is 0.804. The maximum Gasteiger partial charge on any atom is 0.0606 e. The number of hydrogen-bond donors (Lipinski definition) is 2. The number of aliphatic hydroxyl groups excluding tert-OH is 1. The van der Waals surface area contributed by atoms with E-state index in [0.717, 1.165) is 19.5 Å². The summed E-state index contributed by atoms with van der Waals surface area (Å²) in [4.78, 5) is 2.24. The molecular weight excluding hydrogens is 248 g/mol. The van der Waals surface area contributed by atoms with Gasteiger partial charge in [0.1, 0.15) is 0 Å². The van der Waals surface area contributed by atoms with Gasteiger partial charge in [0.05, 0.1) is 6.61 Å². The lowest BCUT2D eigenvalue weighted by atomic mass is 10.0. The van der Waals surface area contributed by atoms with Gasteiger partial charge in [-0.1, -0.05) is 13.0 Å². The number of benzene rings is 1. The van der Waals surface area contributed by atoms with Crippen LogP contribution in [0.5, 0.6) is 0 Å². The molecule has 0 saturated heterocycles. The maximum atomic E-state index is 9.17. The minimum atomic E-state index is 0.135. The van der Waals surface area contributed by atoms with Gasteiger partial charge in [-0.25, -0.2) is 0 Å². The average Bonchev–Trinajstić information content (AvgIpc) is 2.36. The molecule has 0 bridgehead atoms. The number of aryl methyl sites for hydroxylation is 1. The highest BCUT2D eigenvalue weighted by molar-refractivity contribution is 5.50. The van der Waals surface area contributed by atoms with E-state index in [0.29, 0.717) is 6.54 Å². The van der Waals surface area contributed by atoms with Crippen LogP contribution in [0.1, 0.15) is 45.2 Å². The fourth-order valence-corrected chi connectivity index (χ4v) is 2.20. The molecule has 0 aromatic heterocycles. The SMILES string of the molecule is CCCN(CCO)c1ccc(CNC(C)(C)C)c(C)c1. The van der Waals surface area contributed by atoms with E-state index in [1.54, 1.807) is 0 Å². The van der Waals surface area contributed by atoms with Crippen molar-refractivity contribution in [2.24, 2.45) is 0 Å². The van der Waals surface area contributed by atoms with Crippen LogP contribution in [0.15, 0.2) is 18.2 Å². The highest BCUT2D eigenvalue weighted by atomic mass is 16.3. The molecule has 3 heteroatoms. The Morgan fingerprint density at radius 1 is 1.20 bits per heavy atom. The average molecular weight is 278 g/mol. The van der Waals surface area contributed by atoms with Crippen LogP contribution < -0.4 is 10.2 Å². The summed E-state index contributed by atoms with van der Waals surface area (Å²) in [6.07, 6.45) is 1.09. The molecule has 1 rings (SSSR count). The Morgan fingerprint density at radius 2 is 1.90 bits per heavy atom.